The highest BCUT2D eigenvalue weighted by Crippen LogP contribution is 2.43. The summed E-state index contributed by atoms with van der Waals surface area (Å²) in [4.78, 5) is 38.1. The van der Waals surface area contributed by atoms with Crippen LogP contribution >= 0.6 is 11.6 Å². The molecule has 0 aliphatic carbocycles. The number of amides is 2. The van der Waals surface area contributed by atoms with E-state index in [1.165, 1.54) is 12.1 Å². The number of nitrogens with zero attached hydrogens (tertiary/aromatic N) is 3. The Hall–Kier alpha value is -3.76. The number of aromatic nitrogens is 2. The number of nitrogens with one attached hydrogen (secondary N) is 2. The molecule has 2 aromatic carbocycles. The van der Waals surface area contributed by atoms with Crippen LogP contribution in [0.2, 0.25) is 5.02 Å². The maximum atomic E-state index is 13.3. The number of hydrogen-bond acceptors (Lipinski definition) is 6. The fourth-order valence-corrected chi connectivity index (χ4v) is 4.85. The summed E-state index contributed by atoms with van der Waals surface area (Å²) in [5, 5.41) is 14.0. The molecule has 206 valence electrons. The number of aromatic amines is 1. The summed E-state index contributed by atoms with van der Waals surface area (Å²) in [5.74, 6) is -0.625. The monoisotopic (exact) mass is 555 g/mol. The molecular weight excluding hydrogens is 525 g/mol. The molecule has 2 heterocycles. The lowest BCUT2D eigenvalue weighted by Gasteiger charge is -2.42. The van der Waals surface area contributed by atoms with Crippen LogP contribution < -0.4 is 10.1 Å². The van der Waals surface area contributed by atoms with E-state index < -0.39 is 11.5 Å². The van der Waals surface area contributed by atoms with E-state index >= 15 is 0 Å². The van der Waals surface area contributed by atoms with Crippen molar-refractivity contribution in [2.75, 3.05) is 25.0 Å². The first-order chi connectivity index (χ1) is 18.7. The van der Waals surface area contributed by atoms with E-state index in [1.54, 1.807) is 41.7 Å². The number of hydrogen-bond donors (Lipinski definition) is 3. The first-order valence-corrected chi connectivity index (χ1v) is 13.0. The van der Waals surface area contributed by atoms with Crippen LogP contribution in [-0.2, 0) is 16.0 Å². The Morgan fingerprint density at radius 3 is 2.64 bits per heavy atom. The number of likely N-dealkylation sites (tertiary alicyclic amines) is 1. The Labute approximate surface area is 231 Å². The van der Waals surface area contributed by atoms with Crippen molar-refractivity contribution in [2.24, 2.45) is 10.4 Å². The predicted octanol–water partition coefficient (Wildman–Crippen LogP) is 4.85. The zero-order chi connectivity index (χ0) is 28.0. The second-order valence-electron chi connectivity index (χ2n) is 9.83. The molecule has 3 aromatic rings. The van der Waals surface area contributed by atoms with Gasteiger partial charge >= 0.3 is 0 Å². The maximum absolute atomic E-state index is 13.3. The summed E-state index contributed by atoms with van der Waals surface area (Å²) in [5.41, 5.74) is 1.51. The lowest BCUT2D eigenvalue weighted by Crippen LogP contribution is -2.45. The van der Waals surface area contributed by atoms with Gasteiger partial charge in [-0.05, 0) is 55.8 Å². The molecule has 0 bridgehead atoms. The molecule has 0 spiro atoms. The average Bonchev–Trinajstić information content (AvgIpc) is 3.46. The van der Waals surface area contributed by atoms with Crippen molar-refractivity contribution in [1.29, 1.82) is 0 Å². The van der Waals surface area contributed by atoms with Gasteiger partial charge in [0.2, 0.25) is 5.91 Å². The Bertz CT molecular complexity index is 1310. The van der Waals surface area contributed by atoms with Gasteiger partial charge in [-0.25, -0.2) is 9.37 Å². The van der Waals surface area contributed by atoms with Gasteiger partial charge in [0.05, 0.1) is 17.5 Å². The largest absolute Gasteiger partial charge is 0.482 e. The zero-order valence-electron chi connectivity index (χ0n) is 21.6. The van der Waals surface area contributed by atoms with Crippen molar-refractivity contribution in [3.8, 4) is 5.75 Å². The van der Waals surface area contributed by atoms with Crippen LogP contribution in [0.4, 0.5) is 15.8 Å². The summed E-state index contributed by atoms with van der Waals surface area (Å²) < 4.78 is 19.1. The third-order valence-electron chi connectivity index (χ3n) is 7.14. The number of H-pyrrole nitrogens is 1. The van der Waals surface area contributed by atoms with Gasteiger partial charge in [0.1, 0.15) is 22.9 Å². The van der Waals surface area contributed by atoms with E-state index in [4.69, 9.17) is 16.3 Å². The highest BCUT2D eigenvalue weighted by atomic mass is 35.5. The molecule has 0 radical (unpaired) electrons. The highest BCUT2D eigenvalue weighted by Gasteiger charge is 2.38. The second kappa shape index (κ2) is 12.4. The molecule has 1 aliphatic heterocycles. The first-order valence-electron chi connectivity index (χ1n) is 12.6. The van der Waals surface area contributed by atoms with Crippen LogP contribution in [-0.4, -0.2) is 58.2 Å². The van der Waals surface area contributed by atoms with Crippen LogP contribution in [0.5, 0.6) is 5.75 Å². The summed E-state index contributed by atoms with van der Waals surface area (Å²) in [6.45, 7) is 6.13. The lowest BCUT2D eigenvalue weighted by molar-refractivity contribution is -0.137. The Morgan fingerprint density at radius 1 is 1.28 bits per heavy atom. The van der Waals surface area contributed by atoms with E-state index in [2.05, 4.69) is 27.0 Å². The maximum Gasteiger partial charge on any atom is 0.260 e. The third kappa shape index (κ3) is 6.82. The molecule has 1 fully saturated rings. The van der Waals surface area contributed by atoms with Crippen LogP contribution in [0.25, 0.3) is 0 Å². The first kappa shape index (κ1) is 28.3. The normalized spacial score (nSPS) is 15.4. The van der Waals surface area contributed by atoms with Gasteiger partial charge in [0, 0.05) is 36.8 Å². The van der Waals surface area contributed by atoms with Gasteiger partial charge in [0.25, 0.3) is 5.91 Å². The SMILES string of the molecule is C=Nc1c(Cl)ccc(OCC(=O)N2CCC(C)(C(O)c3ccc(F)cc3)CC2)c1NC(=O)CCc1cnc[nH]1. The Morgan fingerprint density at radius 2 is 2.00 bits per heavy atom. The van der Waals surface area contributed by atoms with Gasteiger partial charge < -0.3 is 25.0 Å². The minimum absolute atomic E-state index is 0.181. The molecule has 1 atom stereocenters. The standard InChI is InChI=1S/C28H31ClFN5O4/c1-28(27(38)18-3-5-19(30)6-4-18)11-13-35(14-12-28)24(37)16-39-22-9-8-21(29)25(31-2)26(22)34-23(36)10-7-20-15-32-17-33-20/h3-6,8-9,15,17,27,38H,2,7,10-14,16H2,1H3,(H,32,33)(H,34,36). The van der Waals surface area contributed by atoms with Gasteiger partial charge in [-0.2, -0.15) is 0 Å². The summed E-state index contributed by atoms with van der Waals surface area (Å²) in [7, 11) is 0. The lowest BCUT2D eigenvalue weighted by atomic mass is 9.73. The number of aliphatic imine (C=N–C) groups is 1. The van der Waals surface area contributed by atoms with E-state index in [9.17, 15) is 19.1 Å². The number of ether oxygens (including phenoxy) is 1. The van der Waals surface area contributed by atoms with Crippen molar-refractivity contribution in [1.82, 2.24) is 14.9 Å². The fourth-order valence-electron chi connectivity index (χ4n) is 4.63. The number of rotatable bonds is 10. The fraction of sp³-hybridized carbons (Fsp3) is 0.357. The number of carbonyl (C=O) groups excluding carboxylic acids is 2. The molecule has 2 amide bonds. The number of halogens is 2. The number of piperidine rings is 1. The number of anilines is 1. The van der Waals surface area contributed by atoms with Crippen molar-refractivity contribution >= 4 is 41.5 Å². The molecule has 9 nitrogen and oxygen atoms in total. The van der Waals surface area contributed by atoms with E-state index in [-0.39, 0.29) is 52.8 Å². The minimum atomic E-state index is -0.773. The average molecular weight is 556 g/mol. The molecule has 1 saturated heterocycles. The van der Waals surface area contributed by atoms with Gasteiger partial charge in [0.15, 0.2) is 6.61 Å². The van der Waals surface area contributed by atoms with Gasteiger partial charge in [-0.15, -0.1) is 0 Å². The van der Waals surface area contributed by atoms with E-state index in [0.717, 1.165) is 5.69 Å². The quantitative estimate of drug-likeness (QED) is 0.309. The number of aryl methyl sites for hydroxylation is 1. The number of carbonyl (C=O) groups is 2. The summed E-state index contributed by atoms with van der Waals surface area (Å²) in [6, 6.07) is 8.97. The molecule has 1 aromatic heterocycles. The molecule has 39 heavy (non-hydrogen) atoms. The van der Waals surface area contributed by atoms with Crippen molar-refractivity contribution in [2.45, 2.75) is 38.7 Å². The number of benzene rings is 2. The van der Waals surface area contributed by atoms with Gasteiger partial charge in [-0.3, -0.25) is 14.6 Å². The molecule has 0 saturated carbocycles. The smallest absolute Gasteiger partial charge is 0.260 e. The van der Waals surface area contributed by atoms with E-state index in [1.807, 2.05) is 6.92 Å². The van der Waals surface area contributed by atoms with E-state index in [0.29, 0.717) is 37.9 Å². The Balaban J connectivity index is 1.36. The molecular formula is C28H31ClFN5O4. The summed E-state index contributed by atoms with van der Waals surface area (Å²) >= 11 is 6.26. The topological polar surface area (TPSA) is 120 Å². The molecule has 4 rings (SSSR count). The molecule has 1 unspecified atom stereocenters. The number of aliphatic hydroxyl groups excluding tert-OH is 1. The second-order valence-corrected chi connectivity index (χ2v) is 10.2. The third-order valence-corrected chi connectivity index (χ3v) is 7.45. The van der Waals surface area contributed by atoms with Crippen LogP contribution in [0.15, 0.2) is 53.9 Å². The predicted molar refractivity (Wildman–Crippen MR) is 147 cm³/mol. The highest BCUT2D eigenvalue weighted by molar-refractivity contribution is 6.34. The molecule has 3 N–H and O–H groups in total. The van der Waals surface area contributed by atoms with Crippen molar-refractivity contribution in [3.05, 3.63) is 71.0 Å². The Kier molecular flexibility index (Phi) is 8.98. The summed E-state index contributed by atoms with van der Waals surface area (Å²) in [6.07, 6.45) is 4.20. The van der Waals surface area contributed by atoms with Crippen LogP contribution in [0, 0.1) is 11.2 Å². The number of imidazole rings is 1. The van der Waals surface area contributed by atoms with Crippen LogP contribution in [0.1, 0.15) is 43.5 Å². The van der Waals surface area contributed by atoms with Crippen LogP contribution in [0.3, 0.4) is 0 Å². The van der Waals surface area contributed by atoms with Crippen molar-refractivity contribution in [3.63, 3.8) is 0 Å². The van der Waals surface area contributed by atoms with Gasteiger partial charge in [-0.1, -0.05) is 30.7 Å². The minimum Gasteiger partial charge on any atom is -0.482 e. The molecule has 11 heteroatoms. The number of aliphatic hydroxyl groups is 1. The van der Waals surface area contributed by atoms with Crippen molar-refractivity contribution < 1.29 is 23.8 Å². The molecule has 1 aliphatic rings. The zero-order valence-corrected chi connectivity index (χ0v) is 22.4.